The van der Waals surface area contributed by atoms with Crippen LogP contribution >= 0.6 is 11.6 Å². The van der Waals surface area contributed by atoms with Crippen molar-refractivity contribution < 1.29 is 48.7 Å². The van der Waals surface area contributed by atoms with Gasteiger partial charge in [0.25, 0.3) is 0 Å². The number of hydrogen-bond acceptors (Lipinski definition) is 1. The molecule has 0 saturated carbocycles. The highest BCUT2D eigenvalue weighted by atomic mass is 35.5. The number of carbonyl (C=O) groups excluding carboxylic acids is 1. The van der Waals surface area contributed by atoms with Crippen LogP contribution in [0.3, 0.4) is 0 Å². The Hall–Kier alpha value is -1.52. The zero-order valence-corrected chi connectivity index (χ0v) is 11.1. The molecule has 0 heterocycles. The van der Waals surface area contributed by atoms with Crippen molar-refractivity contribution in [3.8, 4) is 0 Å². The number of halogens is 11. The van der Waals surface area contributed by atoms with Gasteiger partial charge in [-0.3, -0.25) is 4.79 Å². The zero-order valence-electron chi connectivity index (χ0n) is 10.3. The molecule has 0 radical (unpaired) electrons. The highest BCUT2D eigenvalue weighted by Gasteiger charge is 2.76. The van der Waals surface area contributed by atoms with Crippen molar-refractivity contribution in [2.75, 3.05) is 0 Å². The molecular formula is C11H3ClF10O. The molecule has 0 bridgehead atoms. The van der Waals surface area contributed by atoms with E-state index in [1.807, 2.05) is 0 Å². The molecular weight excluding hydrogens is 374 g/mol. The minimum atomic E-state index is -6.75. The van der Waals surface area contributed by atoms with Gasteiger partial charge in [0, 0.05) is 5.56 Å². The lowest BCUT2D eigenvalue weighted by atomic mass is 9.99. The first kappa shape index (κ1) is 19.5. The molecule has 130 valence electrons. The number of carbonyl (C=O) groups is 1. The molecule has 0 atom stereocenters. The van der Waals surface area contributed by atoms with Crippen molar-refractivity contribution in [1.82, 2.24) is 0 Å². The molecule has 1 aromatic rings. The van der Waals surface area contributed by atoms with Gasteiger partial charge < -0.3 is 0 Å². The molecule has 0 saturated heterocycles. The molecule has 0 aliphatic rings. The highest BCUT2D eigenvalue weighted by Crippen LogP contribution is 2.48. The van der Waals surface area contributed by atoms with Crippen molar-refractivity contribution in [1.29, 1.82) is 0 Å². The molecule has 1 nitrogen and oxygen atoms in total. The molecule has 0 fully saturated rings. The molecule has 1 rings (SSSR count). The van der Waals surface area contributed by atoms with E-state index < -0.39 is 46.1 Å². The van der Waals surface area contributed by atoms with Crippen LogP contribution in [-0.4, -0.2) is 23.8 Å². The van der Waals surface area contributed by atoms with Crippen LogP contribution in [0.25, 0.3) is 0 Å². The summed E-state index contributed by atoms with van der Waals surface area (Å²) in [5, 5.41) is -1.31. The van der Waals surface area contributed by atoms with E-state index >= 15 is 0 Å². The topological polar surface area (TPSA) is 17.1 Å². The maximum absolute atomic E-state index is 13.2. The Morgan fingerprint density at radius 2 is 1.35 bits per heavy atom. The van der Waals surface area contributed by atoms with E-state index in [1.54, 1.807) is 0 Å². The number of alkyl halides is 10. The predicted molar refractivity (Wildman–Crippen MR) is 56.7 cm³/mol. The molecule has 0 N–H and O–H groups in total. The largest absolute Gasteiger partial charge is 0.460 e. The number of Topliss-reactive ketones (excluding diaryl/α,β-unsaturated/α-hetero) is 1. The van der Waals surface area contributed by atoms with E-state index in [9.17, 15) is 48.7 Å². The molecule has 23 heavy (non-hydrogen) atoms. The van der Waals surface area contributed by atoms with Crippen LogP contribution in [0.4, 0.5) is 43.9 Å². The molecule has 0 aliphatic carbocycles. The Labute approximate surface area is 125 Å². The van der Waals surface area contributed by atoms with Crippen molar-refractivity contribution >= 4 is 17.4 Å². The Morgan fingerprint density at radius 3 is 1.70 bits per heavy atom. The van der Waals surface area contributed by atoms with Gasteiger partial charge in [0.1, 0.15) is 0 Å². The highest BCUT2D eigenvalue weighted by molar-refractivity contribution is 6.31. The maximum Gasteiger partial charge on any atom is 0.460 e. The van der Waals surface area contributed by atoms with E-state index in [-0.39, 0.29) is 18.2 Å². The lowest BCUT2D eigenvalue weighted by Crippen LogP contribution is -2.56. The second-order valence-electron chi connectivity index (χ2n) is 4.17. The van der Waals surface area contributed by atoms with Gasteiger partial charge in [-0.2, -0.15) is 43.9 Å². The Balaban J connectivity index is 3.33. The maximum atomic E-state index is 13.2. The van der Waals surface area contributed by atoms with E-state index in [2.05, 4.69) is 0 Å². The van der Waals surface area contributed by atoms with Crippen LogP contribution in [0.1, 0.15) is 15.9 Å². The molecule has 0 aromatic heterocycles. The van der Waals surface area contributed by atoms with Crippen LogP contribution in [0.5, 0.6) is 0 Å². The van der Waals surface area contributed by atoms with Crippen LogP contribution in [0, 0.1) is 0 Å². The number of hydrogen-bond donors (Lipinski definition) is 0. The summed E-state index contributed by atoms with van der Waals surface area (Å²) < 4.78 is 125. The third-order valence-corrected chi connectivity index (χ3v) is 2.88. The second kappa shape index (κ2) is 5.53. The Kier molecular flexibility index (Phi) is 4.70. The summed E-state index contributed by atoms with van der Waals surface area (Å²) in [6.45, 7) is 0. The smallest absolute Gasteiger partial charge is 0.287 e. The van der Waals surface area contributed by atoms with Crippen LogP contribution in [0.15, 0.2) is 18.2 Å². The number of rotatable bonds is 3. The fourth-order valence-electron chi connectivity index (χ4n) is 1.39. The van der Waals surface area contributed by atoms with Crippen LogP contribution < -0.4 is 0 Å². The summed E-state index contributed by atoms with van der Waals surface area (Å²) in [6.07, 6.45) is -11.8. The van der Waals surface area contributed by atoms with E-state index in [1.165, 1.54) is 0 Å². The minimum Gasteiger partial charge on any atom is -0.287 e. The predicted octanol–water partition coefficient (Wildman–Crippen LogP) is 5.37. The zero-order chi connectivity index (χ0) is 18.4. The van der Waals surface area contributed by atoms with Gasteiger partial charge in [0.2, 0.25) is 5.78 Å². The average molecular weight is 377 g/mol. The van der Waals surface area contributed by atoms with E-state index in [0.717, 1.165) is 0 Å². The summed E-state index contributed by atoms with van der Waals surface area (Å²) in [5.74, 6) is -16.0. The van der Waals surface area contributed by atoms with E-state index in [0.29, 0.717) is 0 Å². The standard InChI is InChI=1S/C11H3ClF10O/c12-6-3-4(1-2-5(6)9(15,16)17)7(23)8(13,14)10(18,19)11(20,21)22/h1-3H. The first-order chi connectivity index (χ1) is 10.0. The third-order valence-electron chi connectivity index (χ3n) is 2.57. The van der Waals surface area contributed by atoms with Crippen molar-refractivity contribution in [3.05, 3.63) is 34.3 Å². The summed E-state index contributed by atoms with van der Waals surface area (Å²) >= 11 is 5.09. The van der Waals surface area contributed by atoms with Crippen molar-refractivity contribution in [3.63, 3.8) is 0 Å². The fraction of sp³-hybridized carbons (Fsp3) is 0.364. The molecule has 12 heteroatoms. The lowest BCUT2D eigenvalue weighted by Gasteiger charge is -2.27. The number of ketones is 1. The quantitative estimate of drug-likeness (QED) is 0.512. The summed E-state index contributed by atoms with van der Waals surface area (Å²) in [7, 11) is 0. The first-order valence-electron chi connectivity index (χ1n) is 5.27. The summed E-state index contributed by atoms with van der Waals surface area (Å²) in [5.41, 5.74) is -3.11. The summed E-state index contributed by atoms with van der Waals surface area (Å²) in [6, 6.07) is -0.0259. The molecule has 0 spiro atoms. The van der Waals surface area contributed by atoms with Gasteiger partial charge in [-0.15, -0.1) is 0 Å². The van der Waals surface area contributed by atoms with Gasteiger partial charge in [-0.05, 0) is 12.1 Å². The monoisotopic (exact) mass is 376 g/mol. The van der Waals surface area contributed by atoms with Gasteiger partial charge >= 0.3 is 24.2 Å². The molecule has 1 aromatic carbocycles. The van der Waals surface area contributed by atoms with Crippen LogP contribution in [0.2, 0.25) is 5.02 Å². The summed E-state index contributed by atoms with van der Waals surface area (Å²) in [4.78, 5) is 11.2. The minimum absolute atomic E-state index is 0.0113. The second-order valence-corrected chi connectivity index (χ2v) is 4.58. The van der Waals surface area contributed by atoms with Gasteiger partial charge in [-0.25, -0.2) is 0 Å². The van der Waals surface area contributed by atoms with Gasteiger partial charge in [-0.1, -0.05) is 17.7 Å². The SMILES string of the molecule is O=C(c1ccc(C(F)(F)F)c(Cl)c1)C(F)(F)C(F)(F)C(F)(F)F. The van der Waals surface area contributed by atoms with Crippen LogP contribution in [-0.2, 0) is 6.18 Å². The van der Waals surface area contributed by atoms with Crippen molar-refractivity contribution in [2.45, 2.75) is 24.2 Å². The molecule has 0 aliphatic heterocycles. The third kappa shape index (κ3) is 3.38. The normalized spacial score (nSPS) is 14.0. The molecule has 0 unspecified atom stereocenters. The molecule has 0 amide bonds. The van der Waals surface area contributed by atoms with E-state index in [4.69, 9.17) is 11.6 Å². The average Bonchev–Trinajstić information content (AvgIpc) is 2.34. The fourth-order valence-corrected chi connectivity index (χ4v) is 1.68. The van der Waals surface area contributed by atoms with Crippen molar-refractivity contribution in [2.24, 2.45) is 0 Å². The Morgan fingerprint density at radius 1 is 0.870 bits per heavy atom. The Bertz CT molecular complexity index is 616. The van der Waals surface area contributed by atoms with Gasteiger partial charge in [0.05, 0.1) is 10.6 Å². The number of benzene rings is 1. The van der Waals surface area contributed by atoms with Gasteiger partial charge in [0.15, 0.2) is 0 Å². The first-order valence-corrected chi connectivity index (χ1v) is 5.65. The lowest BCUT2D eigenvalue weighted by molar-refractivity contribution is -0.339.